The van der Waals surface area contributed by atoms with Gasteiger partial charge >= 0.3 is 7.12 Å². The molecule has 0 spiro atoms. The van der Waals surface area contributed by atoms with Crippen LogP contribution < -0.4 is 5.46 Å². The predicted molar refractivity (Wildman–Crippen MR) is 74.6 cm³/mol. The Labute approximate surface area is 112 Å². The van der Waals surface area contributed by atoms with Crippen molar-refractivity contribution in [3.63, 3.8) is 0 Å². The van der Waals surface area contributed by atoms with E-state index in [2.05, 4.69) is 55.8 Å². The van der Waals surface area contributed by atoms with Crippen molar-refractivity contribution in [1.29, 1.82) is 0 Å². The second kappa shape index (κ2) is 4.75. The zero-order valence-electron chi connectivity index (χ0n) is 10.8. The fourth-order valence-electron chi connectivity index (χ4n) is 2.36. The second-order valence-electron chi connectivity index (χ2n) is 5.36. The Morgan fingerprint density at radius 2 is 2.12 bits per heavy atom. The summed E-state index contributed by atoms with van der Waals surface area (Å²) in [5.41, 5.74) is 2.18. The van der Waals surface area contributed by atoms with Gasteiger partial charge in [-0.2, -0.15) is 0 Å². The highest BCUT2D eigenvalue weighted by Gasteiger charge is 2.38. The van der Waals surface area contributed by atoms with Crippen molar-refractivity contribution in [3.05, 3.63) is 28.2 Å². The van der Waals surface area contributed by atoms with Gasteiger partial charge in [0, 0.05) is 10.6 Å². The highest BCUT2D eigenvalue weighted by atomic mass is 79.9. The number of benzene rings is 1. The van der Waals surface area contributed by atoms with E-state index in [9.17, 15) is 0 Å². The van der Waals surface area contributed by atoms with Crippen LogP contribution in [-0.4, -0.2) is 18.8 Å². The SMILES string of the molecule is Cc1cc(Br)ccc1B1OC(C)CC(C)(C)O1. The van der Waals surface area contributed by atoms with Gasteiger partial charge in [0.05, 0.1) is 5.60 Å². The number of halogens is 1. The maximum absolute atomic E-state index is 6.01. The molecule has 2 rings (SSSR count). The Balaban J connectivity index is 2.27. The fourth-order valence-corrected chi connectivity index (χ4v) is 2.83. The van der Waals surface area contributed by atoms with E-state index in [-0.39, 0.29) is 18.8 Å². The number of hydrogen-bond acceptors (Lipinski definition) is 2. The normalized spacial score (nSPS) is 23.8. The Kier molecular flexibility index (Phi) is 3.67. The summed E-state index contributed by atoms with van der Waals surface area (Å²) in [6, 6.07) is 6.19. The molecule has 92 valence electrons. The van der Waals surface area contributed by atoms with Crippen molar-refractivity contribution in [2.45, 2.75) is 45.8 Å². The first-order valence-electron chi connectivity index (χ1n) is 5.97. The van der Waals surface area contributed by atoms with Gasteiger partial charge in [-0.3, -0.25) is 0 Å². The standard InChI is InChI=1S/C13H18BBrO2/c1-9-7-11(15)5-6-12(9)14-16-10(2)8-13(3,4)17-14/h5-7,10H,8H2,1-4H3. The van der Waals surface area contributed by atoms with Crippen LogP contribution in [0.2, 0.25) is 0 Å². The van der Waals surface area contributed by atoms with Crippen molar-refractivity contribution in [2.75, 3.05) is 0 Å². The maximum Gasteiger partial charge on any atom is 0.494 e. The summed E-state index contributed by atoms with van der Waals surface area (Å²) in [5.74, 6) is 0. The van der Waals surface area contributed by atoms with E-state index in [4.69, 9.17) is 9.31 Å². The zero-order valence-corrected chi connectivity index (χ0v) is 12.4. The van der Waals surface area contributed by atoms with Crippen LogP contribution >= 0.6 is 15.9 Å². The quantitative estimate of drug-likeness (QED) is 0.742. The zero-order chi connectivity index (χ0) is 12.6. The Hall–Kier alpha value is -0.315. The molecule has 17 heavy (non-hydrogen) atoms. The predicted octanol–water partition coefficient (Wildman–Crippen LogP) is 3.06. The van der Waals surface area contributed by atoms with Gasteiger partial charge in [0.15, 0.2) is 0 Å². The molecular formula is C13H18BBrO2. The molecule has 0 aliphatic carbocycles. The average molecular weight is 297 g/mol. The lowest BCUT2D eigenvalue weighted by Gasteiger charge is -2.38. The van der Waals surface area contributed by atoms with E-state index in [0.29, 0.717) is 0 Å². The molecule has 1 aliphatic heterocycles. The molecule has 1 aromatic carbocycles. The Morgan fingerprint density at radius 1 is 1.41 bits per heavy atom. The lowest BCUT2D eigenvalue weighted by Crippen LogP contribution is -2.52. The maximum atomic E-state index is 6.01. The van der Waals surface area contributed by atoms with Gasteiger partial charge in [-0.15, -0.1) is 0 Å². The van der Waals surface area contributed by atoms with Crippen LogP contribution in [0.15, 0.2) is 22.7 Å². The molecule has 0 aromatic heterocycles. The monoisotopic (exact) mass is 296 g/mol. The van der Waals surface area contributed by atoms with E-state index in [1.54, 1.807) is 0 Å². The first-order chi connectivity index (χ1) is 7.87. The van der Waals surface area contributed by atoms with Crippen LogP contribution in [-0.2, 0) is 9.31 Å². The van der Waals surface area contributed by atoms with Gasteiger partial charge in [0.2, 0.25) is 0 Å². The smallest absolute Gasteiger partial charge is 0.405 e. The minimum Gasteiger partial charge on any atom is -0.405 e. The molecule has 0 saturated carbocycles. The number of rotatable bonds is 1. The molecule has 4 heteroatoms. The summed E-state index contributed by atoms with van der Waals surface area (Å²) in [6.07, 6.45) is 1.16. The second-order valence-corrected chi connectivity index (χ2v) is 6.28. The molecule has 2 nitrogen and oxygen atoms in total. The van der Waals surface area contributed by atoms with Crippen LogP contribution in [0.1, 0.15) is 32.8 Å². The topological polar surface area (TPSA) is 18.5 Å². The van der Waals surface area contributed by atoms with Gasteiger partial charge in [-0.25, -0.2) is 0 Å². The minimum absolute atomic E-state index is 0.123. The molecule has 1 heterocycles. The largest absolute Gasteiger partial charge is 0.494 e. The third kappa shape index (κ3) is 3.12. The third-order valence-electron chi connectivity index (χ3n) is 3.05. The summed E-state index contributed by atoms with van der Waals surface area (Å²) in [5, 5.41) is 0. The Bertz CT molecular complexity index is 420. The van der Waals surface area contributed by atoms with E-state index in [0.717, 1.165) is 16.4 Å². The van der Waals surface area contributed by atoms with Crippen molar-refractivity contribution >= 4 is 28.5 Å². The van der Waals surface area contributed by atoms with Gasteiger partial charge in [0.1, 0.15) is 0 Å². The van der Waals surface area contributed by atoms with Crippen LogP contribution in [0.25, 0.3) is 0 Å². The molecule has 0 N–H and O–H groups in total. The van der Waals surface area contributed by atoms with Crippen LogP contribution in [0.5, 0.6) is 0 Å². The third-order valence-corrected chi connectivity index (χ3v) is 3.54. The molecule has 0 amide bonds. The lowest BCUT2D eigenvalue weighted by molar-refractivity contribution is -0.0230. The minimum atomic E-state index is -0.248. The first-order valence-corrected chi connectivity index (χ1v) is 6.76. The number of hydrogen-bond donors (Lipinski definition) is 0. The summed E-state index contributed by atoms with van der Waals surface area (Å²) >= 11 is 3.47. The van der Waals surface area contributed by atoms with Gasteiger partial charge < -0.3 is 9.31 Å². The van der Waals surface area contributed by atoms with Gasteiger partial charge in [-0.1, -0.05) is 27.6 Å². The molecular weight excluding hydrogens is 279 g/mol. The van der Waals surface area contributed by atoms with E-state index in [1.165, 1.54) is 5.56 Å². The van der Waals surface area contributed by atoms with Crippen molar-refractivity contribution in [2.24, 2.45) is 0 Å². The lowest BCUT2D eigenvalue weighted by atomic mass is 9.73. The van der Waals surface area contributed by atoms with E-state index < -0.39 is 0 Å². The van der Waals surface area contributed by atoms with Crippen molar-refractivity contribution < 1.29 is 9.31 Å². The molecule has 0 bridgehead atoms. The number of aryl methyl sites for hydroxylation is 1. The van der Waals surface area contributed by atoms with Crippen molar-refractivity contribution in [1.82, 2.24) is 0 Å². The van der Waals surface area contributed by atoms with Gasteiger partial charge in [0.25, 0.3) is 0 Å². The molecule has 0 radical (unpaired) electrons. The summed E-state index contributed by atoms with van der Waals surface area (Å²) < 4.78 is 13.0. The van der Waals surface area contributed by atoms with Crippen LogP contribution in [0, 0.1) is 6.92 Å². The highest BCUT2D eigenvalue weighted by molar-refractivity contribution is 9.10. The van der Waals surface area contributed by atoms with Crippen molar-refractivity contribution in [3.8, 4) is 0 Å². The fraction of sp³-hybridized carbons (Fsp3) is 0.538. The van der Waals surface area contributed by atoms with Crippen LogP contribution in [0.4, 0.5) is 0 Å². The molecule has 1 unspecified atom stereocenters. The van der Waals surface area contributed by atoms with Gasteiger partial charge in [-0.05, 0) is 51.7 Å². The average Bonchev–Trinajstić information content (AvgIpc) is 2.13. The first kappa shape index (κ1) is 13.1. The highest BCUT2D eigenvalue weighted by Crippen LogP contribution is 2.26. The summed E-state index contributed by atoms with van der Waals surface area (Å²) in [7, 11) is -0.248. The molecule has 1 saturated heterocycles. The molecule has 1 aliphatic rings. The Morgan fingerprint density at radius 3 is 2.71 bits per heavy atom. The molecule has 1 atom stereocenters. The summed E-state index contributed by atoms with van der Waals surface area (Å²) in [4.78, 5) is 0. The van der Waals surface area contributed by atoms with E-state index >= 15 is 0 Å². The van der Waals surface area contributed by atoms with Crippen LogP contribution in [0.3, 0.4) is 0 Å². The summed E-state index contributed by atoms with van der Waals surface area (Å²) in [6.45, 7) is 8.42. The molecule has 1 aromatic rings. The molecule has 1 fully saturated rings. The van der Waals surface area contributed by atoms with E-state index in [1.807, 2.05) is 6.07 Å².